The number of halogens is 1. The van der Waals surface area contributed by atoms with E-state index in [0.29, 0.717) is 0 Å². The zero-order valence-corrected chi connectivity index (χ0v) is 9.67. The minimum absolute atomic E-state index is 0.494. The van der Waals surface area contributed by atoms with Crippen LogP contribution in [0.5, 0.6) is 0 Å². The van der Waals surface area contributed by atoms with Gasteiger partial charge in [0.05, 0.1) is 2.88 Å². The summed E-state index contributed by atoms with van der Waals surface area (Å²) in [5.74, 6) is 0. The van der Waals surface area contributed by atoms with E-state index in [1.54, 1.807) is 11.3 Å². The predicted molar refractivity (Wildman–Crippen MR) is 61.9 cm³/mol. The summed E-state index contributed by atoms with van der Waals surface area (Å²) < 4.78 is 1.20. The van der Waals surface area contributed by atoms with Crippen LogP contribution < -0.4 is 0 Å². The molecule has 2 rings (SSSR count). The average molecular weight is 305 g/mol. The minimum atomic E-state index is -0.494. The molecule has 2 heterocycles. The number of aliphatic hydroxyl groups excluding tert-OH is 1. The van der Waals surface area contributed by atoms with Gasteiger partial charge in [-0.05, 0) is 45.7 Å². The summed E-state index contributed by atoms with van der Waals surface area (Å²) in [5.41, 5.74) is 1.88. The smallest absolute Gasteiger partial charge is 0.106 e. The number of hydrogen-bond donors (Lipinski definition) is 2. The molecule has 2 aromatic rings. The fraction of sp³-hybridized carbons (Fsp3) is 0.111. The summed E-state index contributed by atoms with van der Waals surface area (Å²) in [5, 5.41) is 11.9. The second-order valence-electron chi connectivity index (χ2n) is 2.73. The van der Waals surface area contributed by atoms with Crippen LogP contribution in [0, 0.1) is 2.88 Å². The molecule has 0 spiro atoms. The van der Waals surface area contributed by atoms with E-state index in [1.807, 2.05) is 29.9 Å². The minimum Gasteiger partial charge on any atom is -0.384 e. The number of aliphatic hydroxyl groups is 1. The highest BCUT2D eigenvalue weighted by Crippen LogP contribution is 2.26. The van der Waals surface area contributed by atoms with Gasteiger partial charge in [0.1, 0.15) is 6.10 Å². The molecule has 0 amide bonds. The standard InChI is InChI=1S/C9H8INOS/c10-8-3-7(5-13-8)9(12)6-1-2-11-4-6/h1-5,9,11-12H. The van der Waals surface area contributed by atoms with E-state index in [2.05, 4.69) is 27.6 Å². The Morgan fingerprint density at radius 3 is 2.85 bits per heavy atom. The highest BCUT2D eigenvalue weighted by atomic mass is 127. The third-order valence-corrected chi connectivity index (χ3v) is 3.65. The van der Waals surface area contributed by atoms with Gasteiger partial charge in [0.2, 0.25) is 0 Å². The Morgan fingerprint density at radius 2 is 2.31 bits per heavy atom. The van der Waals surface area contributed by atoms with Crippen molar-refractivity contribution in [2.24, 2.45) is 0 Å². The second-order valence-corrected chi connectivity index (χ2v) is 5.54. The van der Waals surface area contributed by atoms with Gasteiger partial charge in [-0.2, -0.15) is 0 Å². The molecule has 2 nitrogen and oxygen atoms in total. The second kappa shape index (κ2) is 3.81. The Labute approximate surface area is 93.8 Å². The maximum Gasteiger partial charge on any atom is 0.106 e. The van der Waals surface area contributed by atoms with Gasteiger partial charge in [0.25, 0.3) is 0 Å². The largest absolute Gasteiger partial charge is 0.384 e. The molecule has 1 atom stereocenters. The molecule has 0 aliphatic heterocycles. The third-order valence-electron chi connectivity index (χ3n) is 1.84. The first kappa shape index (κ1) is 9.23. The molecule has 68 valence electrons. The predicted octanol–water partition coefficient (Wildman–Crippen LogP) is 2.76. The molecule has 0 aliphatic carbocycles. The van der Waals surface area contributed by atoms with E-state index in [4.69, 9.17) is 0 Å². The number of rotatable bonds is 2. The van der Waals surface area contributed by atoms with Crippen molar-refractivity contribution in [2.75, 3.05) is 0 Å². The SMILES string of the molecule is OC(c1cc[nH]c1)c1csc(I)c1. The lowest BCUT2D eigenvalue weighted by Crippen LogP contribution is -1.95. The first-order valence-electron chi connectivity index (χ1n) is 3.82. The van der Waals surface area contributed by atoms with Crippen LogP contribution >= 0.6 is 33.9 Å². The summed E-state index contributed by atoms with van der Waals surface area (Å²) in [6.07, 6.45) is 3.14. The van der Waals surface area contributed by atoms with Crippen molar-refractivity contribution in [1.82, 2.24) is 4.98 Å². The highest BCUT2D eigenvalue weighted by molar-refractivity contribution is 14.1. The first-order chi connectivity index (χ1) is 6.27. The normalized spacial score (nSPS) is 13.1. The van der Waals surface area contributed by atoms with E-state index in [-0.39, 0.29) is 0 Å². The summed E-state index contributed by atoms with van der Waals surface area (Å²) >= 11 is 3.90. The van der Waals surface area contributed by atoms with Crippen LogP contribution in [0.25, 0.3) is 0 Å². The summed E-state index contributed by atoms with van der Waals surface area (Å²) in [6, 6.07) is 3.89. The molecule has 0 saturated heterocycles. The maximum absolute atomic E-state index is 9.88. The van der Waals surface area contributed by atoms with Gasteiger partial charge in [0, 0.05) is 18.0 Å². The molecule has 0 aliphatic rings. The van der Waals surface area contributed by atoms with Crippen LogP contribution in [0.15, 0.2) is 29.9 Å². The molecule has 13 heavy (non-hydrogen) atoms. The Morgan fingerprint density at radius 1 is 1.46 bits per heavy atom. The maximum atomic E-state index is 9.88. The van der Waals surface area contributed by atoms with Gasteiger partial charge in [-0.25, -0.2) is 0 Å². The number of H-pyrrole nitrogens is 1. The molecular formula is C9H8INOS. The van der Waals surface area contributed by atoms with Crippen molar-refractivity contribution < 1.29 is 5.11 Å². The van der Waals surface area contributed by atoms with E-state index >= 15 is 0 Å². The van der Waals surface area contributed by atoms with Crippen molar-refractivity contribution in [1.29, 1.82) is 0 Å². The van der Waals surface area contributed by atoms with Crippen molar-refractivity contribution >= 4 is 33.9 Å². The van der Waals surface area contributed by atoms with Crippen LogP contribution in [0.2, 0.25) is 0 Å². The van der Waals surface area contributed by atoms with Gasteiger partial charge in [-0.3, -0.25) is 0 Å². The van der Waals surface area contributed by atoms with Gasteiger partial charge < -0.3 is 10.1 Å². The summed E-state index contributed by atoms with van der Waals surface area (Å²) in [4.78, 5) is 2.93. The Kier molecular flexibility index (Phi) is 2.71. The van der Waals surface area contributed by atoms with E-state index < -0.39 is 6.10 Å². The van der Waals surface area contributed by atoms with Crippen molar-refractivity contribution in [3.8, 4) is 0 Å². The van der Waals surface area contributed by atoms with Crippen molar-refractivity contribution in [2.45, 2.75) is 6.10 Å². The van der Waals surface area contributed by atoms with E-state index in [0.717, 1.165) is 11.1 Å². The quantitative estimate of drug-likeness (QED) is 0.822. The van der Waals surface area contributed by atoms with Gasteiger partial charge in [-0.15, -0.1) is 11.3 Å². The molecule has 0 bridgehead atoms. The number of aromatic nitrogens is 1. The lowest BCUT2D eigenvalue weighted by Gasteiger charge is -2.04. The topological polar surface area (TPSA) is 36.0 Å². The lowest BCUT2D eigenvalue weighted by molar-refractivity contribution is 0.221. The zero-order chi connectivity index (χ0) is 9.26. The molecular weight excluding hydrogens is 297 g/mol. The van der Waals surface area contributed by atoms with Crippen molar-refractivity contribution in [3.05, 3.63) is 43.9 Å². The van der Waals surface area contributed by atoms with Crippen LogP contribution in [0.3, 0.4) is 0 Å². The Hall–Kier alpha value is -0.330. The van der Waals surface area contributed by atoms with Crippen LogP contribution in [0.4, 0.5) is 0 Å². The fourth-order valence-corrected chi connectivity index (χ4v) is 2.56. The molecule has 2 N–H and O–H groups in total. The number of hydrogen-bond acceptors (Lipinski definition) is 2. The molecule has 2 aromatic heterocycles. The summed E-state index contributed by atoms with van der Waals surface area (Å²) in [7, 11) is 0. The Balaban J connectivity index is 2.28. The monoisotopic (exact) mass is 305 g/mol. The van der Waals surface area contributed by atoms with E-state index in [9.17, 15) is 5.11 Å². The van der Waals surface area contributed by atoms with Crippen LogP contribution in [-0.4, -0.2) is 10.1 Å². The number of thiophene rings is 1. The molecule has 0 aromatic carbocycles. The zero-order valence-electron chi connectivity index (χ0n) is 6.70. The molecule has 0 radical (unpaired) electrons. The van der Waals surface area contributed by atoms with Crippen molar-refractivity contribution in [3.63, 3.8) is 0 Å². The molecule has 1 unspecified atom stereocenters. The van der Waals surface area contributed by atoms with Crippen LogP contribution in [-0.2, 0) is 0 Å². The van der Waals surface area contributed by atoms with Gasteiger partial charge in [-0.1, -0.05) is 0 Å². The molecule has 0 saturated carbocycles. The highest BCUT2D eigenvalue weighted by Gasteiger charge is 2.11. The molecule has 4 heteroatoms. The Bertz CT molecular complexity index is 382. The van der Waals surface area contributed by atoms with Crippen LogP contribution in [0.1, 0.15) is 17.2 Å². The number of nitrogens with one attached hydrogen (secondary N) is 1. The number of aromatic amines is 1. The first-order valence-corrected chi connectivity index (χ1v) is 5.78. The van der Waals surface area contributed by atoms with Gasteiger partial charge >= 0.3 is 0 Å². The molecule has 0 fully saturated rings. The average Bonchev–Trinajstić information content (AvgIpc) is 2.72. The van der Waals surface area contributed by atoms with E-state index in [1.165, 1.54) is 2.88 Å². The lowest BCUT2D eigenvalue weighted by atomic mass is 10.1. The third kappa shape index (κ3) is 1.95. The summed E-state index contributed by atoms with van der Waals surface area (Å²) in [6.45, 7) is 0. The van der Waals surface area contributed by atoms with Gasteiger partial charge in [0.15, 0.2) is 0 Å². The fourth-order valence-electron chi connectivity index (χ4n) is 1.17.